The summed E-state index contributed by atoms with van der Waals surface area (Å²) in [6.45, 7) is 0. The van der Waals surface area contributed by atoms with Crippen molar-refractivity contribution in [2.75, 3.05) is 5.32 Å². The van der Waals surface area contributed by atoms with Crippen molar-refractivity contribution in [3.05, 3.63) is 39.8 Å². The van der Waals surface area contributed by atoms with E-state index in [9.17, 15) is 8.78 Å². The third kappa shape index (κ3) is 2.32. The first kappa shape index (κ1) is 10.5. The fraction of sp³-hybridized carbons (Fsp3) is 0. The summed E-state index contributed by atoms with van der Waals surface area (Å²) in [6.07, 6.45) is 0. The van der Waals surface area contributed by atoms with Crippen molar-refractivity contribution < 1.29 is 8.78 Å². The van der Waals surface area contributed by atoms with Gasteiger partial charge in [0.15, 0.2) is 16.8 Å². The molecule has 0 fully saturated rings. The zero-order valence-corrected chi connectivity index (χ0v) is 9.70. The van der Waals surface area contributed by atoms with Crippen molar-refractivity contribution >= 4 is 38.1 Å². The molecule has 0 unspecified atom stereocenters. The first-order valence-corrected chi connectivity index (χ1v) is 5.66. The fourth-order valence-electron chi connectivity index (χ4n) is 1.03. The van der Waals surface area contributed by atoms with E-state index in [0.717, 1.165) is 6.07 Å². The molecule has 0 radical (unpaired) electrons. The average molecular weight is 291 g/mol. The van der Waals surface area contributed by atoms with Gasteiger partial charge in [-0.05, 0) is 28.1 Å². The highest BCUT2D eigenvalue weighted by atomic mass is 79.9. The number of nitrogens with one attached hydrogen (secondary N) is 1. The molecular weight excluding hydrogens is 286 g/mol. The van der Waals surface area contributed by atoms with Crippen LogP contribution < -0.4 is 5.32 Å². The van der Waals surface area contributed by atoms with Crippen molar-refractivity contribution in [3.8, 4) is 0 Å². The maximum Gasteiger partial charge on any atom is 0.188 e. The van der Waals surface area contributed by atoms with Gasteiger partial charge < -0.3 is 5.32 Å². The van der Waals surface area contributed by atoms with Crippen molar-refractivity contribution in [3.63, 3.8) is 0 Å². The molecule has 0 bridgehead atoms. The first-order chi connectivity index (χ1) is 7.16. The average Bonchev–Trinajstić information content (AvgIpc) is 2.59. The minimum absolute atomic E-state index is 0.0804. The Morgan fingerprint density at radius 2 is 2.13 bits per heavy atom. The van der Waals surface area contributed by atoms with E-state index in [1.807, 2.05) is 0 Å². The van der Waals surface area contributed by atoms with Crippen LogP contribution in [-0.4, -0.2) is 4.98 Å². The number of halogens is 3. The van der Waals surface area contributed by atoms with Gasteiger partial charge in [0.05, 0.1) is 5.69 Å². The van der Waals surface area contributed by atoms with E-state index < -0.39 is 11.6 Å². The van der Waals surface area contributed by atoms with E-state index in [4.69, 9.17) is 0 Å². The first-order valence-electron chi connectivity index (χ1n) is 3.99. The highest BCUT2D eigenvalue weighted by molar-refractivity contribution is 9.10. The second-order valence-corrected chi connectivity index (χ2v) is 4.37. The molecule has 78 valence electrons. The molecule has 1 heterocycles. The van der Waals surface area contributed by atoms with Gasteiger partial charge in [-0.2, -0.15) is 0 Å². The highest BCUT2D eigenvalue weighted by Gasteiger charge is 2.08. The number of hydrogen-bond acceptors (Lipinski definition) is 3. The Bertz CT molecular complexity index is 487. The summed E-state index contributed by atoms with van der Waals surface area (Å²) in [5, 5.41) is 4.95. The Morgan fingerprint density at radius 3 is 2.80 bits per heavy atom. The predicted molar refractivity (Wildman–Crippen MR) is 59.5 cm³/mol. The molecule has 1 aromatic carbocycles. The molecule has 0 amide bonds. The lowest BCUT2D eigenvalue weighted by Gasteiger charge is -2.03. The van der Waals surface area contributed by atoms with Gasteiger partial charge in [0, 0.05) is 5.38 Å². The summed E-state index contributed by atoms with van der Waals surface area (Å²) in [5.41, 5.74) is 0.0804. The number of benzene rings is 1. The Labute approximate surface area is 97.1 Å². The van der Waals surface area contributed by atoms with Gasteiger partial charge in [-0.3, -0.25) is 0 Å². The lowest BCUT2D eigenvalue weighted by atomic mass is 10.3. The third-order valence-electron chi connectivity index (χ3n) is 1.67. The molecule has 0 atom stereocenters. The lowest BCUT2D eigenvalue weighted by molar-refractivity contribution is 0.512. The number of anilines is 2. The van der Waals surface area contributed by atoms with E-state index in [1.165, 1.54) is 23.5 Å². The molecule has 0 aliphatic heterocycles. The van der Waals surface area contributed by atoms with E-state index in [2.05, 4.69) is 26.2 Å². The Morgan fingerprint density at radius 1 is 1.33 bits per heavy atom. The van der Waals surface area contributed by atoms with E-state index >= 15 is 0 Å². The number of aromatic nitrogens is 1. The summed E-state index contributed by atoms with van der Waals surface area (Å²) in [5.74, 6) is -1.78. The smallest absolute Gasteiger partial charge is 0.188 e. The quantitative estimate of drug-likeness (QED) is 0.907. The van der Waals surface area contributed by atoms with Gasteiger partial charge >= 0.3 is 0 Å². The molecule has 0 saturated carbocycles. The minimum atomic E-state index is -0.899. The number of hydrogen-bond donors (Lipinski definition) is 1. The molecule has 0 aliphatic rings. The van der Waals surface area contributed by atoms with Crippen LogP contribution in [0.3, 0.4) is 0 Å². The largest absolute Gasteiger partial charge is 0.329 e. The Hall–Kier alpha value is -1.01. The molecule has 15 heavy (non-hydrogen) atoms. The van der Waals surface area contributed by atoms with Gasteiger partial charge in [0.1, 0.15) is 4.60 Å². The molecule has 2 aromatic rings. The van der Waals surface area contributed by atoms with Gasteiger partial charge in [-0.15, -0.1) is 11.3 Å². The van der Waals surface area contributed by atoms with Crippen LogP contribution >= 0.6 is 27.3 Å². The Balaban J connectivity index is 2.28. The maximum absolute atomic E-state index is 13.2. The van der Waals surface area contributed by atoms with E-state index in [1.54, 1.807) is 5.38 Å². The normalized spacial score (nSPS) is 10.3. The highest BCUT2D eigenvalue weighted by Crippen LogP contribution is 2.25. The fourth-order valence-corrected chi connectivity index (χ4v) is 2.18. The van der Waals surface area contributed by atoms with Crippen molar-refractivity contribution in [1.82, 2.24) is 4.98 Å². The molecular formula is C9H5BrF2N2S. The van der Waals surface area contributed by atoms with E-state index in [-0.39, 0.29) is 5.69 Å². The summed E-state index contributed by atoms with van der Waals surface area (Å²) in [7, 11) is 0. The number of thiazole rings is 1. The SMILES string of the molecule is Fc1cccc(Nc2nc(Br)cs2)c1F. The molecule has 0 saturated heterocycles. The standard InChI is InChI=1S/C9H5BrF2N2S/c10-7-4-15-9(14-7)13-6-3-1-2-5(11)8(6)12/h1-4H,(H,13,14). The second kappa shape index (κ2) is 4.24. The molecule has 0 aliphatic carbocycles. The minimum Gasteiger partial charge on any atom is -0.329 e. The molecule has 6 heteroatoms. The molecule has 2 nitrogen and oxygen atoms in total. The van der Waals surface area contributed by atoms with Crippen LogP contribution in [-0.2, 0) is 0 Å². The number of rotatable bonds is 2. The molecule has 0 spiro atoms. The van der Waals surface area contributed by atoms with E-state index in [0.29, 0.717) is 9.73 Å². The van der Waals surface area contributed by atoms with Crippen LogP contribution in [0.15, 0.2) is 28.2 Å². The summed E-state index contributed by atoms with van der Waals surface area (Å²) >= 11 is 4.47. The zero-order chi connectivity index (χ0) is 10.8. The van der Waals surface area contributed by atoms with Crippen LogP contribution in [0.2, 0.25) is 0 Å². The van der Waals surface area contributed by atoms with Crippen LogP contribution in [0.4, 0.5) is 19.6 Å². The van der Waals surface area contributed by atoms with Gasteiger partial charge in [0.2, 0.25) is 0 Å². The van der Waals surface area contributed by atoms with Crippen LogP contribution in [0.25, 0.3) is 0 Å². The van der Waals surface area contributed by atoms with Crippen molar-refractivity contribution in [1.29, 1.82) is 0 Å². The van der Waals surface area contributed by atoms with Crippen LogP contribution in [0.1, 0.15) is 0 Å². The topological polar surface area (TPSA) is 24.9 Å². The Kier molecular flexibility index (Phi) is 2.97. The summed E-state index contributed by atoms with van der Waals surface area (Å²) in [6, 6.07) is 3.95. The molecule has 1 aromatic heterocycles. The van der Waals surface area contributed by atoms with Crippen molar-refractivity contribution in [2.24, 2.45) is 0 Å². The number of nitrogens with zero attached hydrogens (tertiary/aromatic N) is 1. The second-order valence-electron chi connectivity index (χ2n) is 2.70. The van der Waals surface area contributed by atoms with Gasteiger partial charge in [-0.25, -0.2) is 13.8 Å². The summed E-state index contributed by atoms with van der Waals surface area (Å²) in [4.78, 5) is 4.01. The predicted octanol–water partition coefficient (Wildman–Crippen LogP) is 3.93. The van der Waals surface area contributed by atoms with Gasteiger partial charge in [0.25, 0.3) is 0 Å². The molecule has 1 N–H and O–H groups in total. The van der Waals surface area contributed by atoms with Gasteiger partial charge in [-0.1, -0.05) is 6.07 Å². The summed E-state index contributed by atoms with van der Waals surface area (Å²) < 4.78 is 26.7. The lowest BCUT2D eigenvalue weighted by Crippen LogP contribution is -1.95. The van der Waals surface area contributed by atoms with Crippen LogP contribution in [0, 0.1) is 11.6 Å². The van der Waals surface area contributed by atoms with Crippen molar-refractivity contribution in [2.45, 2.75) is 0 Å². The zero-order valence-electron chi connectivity index (χ0n) is 7.30. The monoisotopic (exact) mass is 290 g/mol. The van der Waals surface area contributed by atoms with Crippen LogP contribution in [0.5, 0.6) is 0 Å². The molecule has 2 rings (SSSR count). The maximum atomic E-state index is 13.2. The third-order valence-corrected chi connectivity index (χ3v) is 3.14.